The van der Waals surface area contributed by atoms with Gasteiger partial charge in [-0.15, -0.1) is 0 Å². The first-order valence-corrected chi connectivity index (χ1v) is 12.4. The first-order valence-electron chi connectivity index (χ1n) is 12.4. The summed E-state index contributed by atoms with van der Waals surface area (Å²) >= 11 is 0. The summed E-state index contributed by atoms with van der Waals surface area (Å²) in [6.45, 7) is 8.13. The smallest absolute Gasteiger partial charge is 0.318 e. The molecule has 0 atom stereocenters. The molecule has 2 aromatic carbocycles. The fourth-order valence-corrected chi connectivity index (χ4v) is 4.65. The first kappa shape index (κ1) is 24.1. The molecule has 4 rings (SSSR count). The zero-order valence-electron chi connectivity index (χ0n) is 21.0. The number of benzene rings is 2. The molecule has 1 aromatic heterocycles. The van der Waals surface area contributed by atoms with E-state index in [0.29, 0.717) is 25.6 Å². The van der Waals surface area contributed by atoms with Crippen molar-refractivity contribution in [2.45, 2.75) is 45.8 Å². The van der Waals surface area contributed by atoms with Crippen LogP contribution in [0.3, 0.4) is 0 Å². The standard InChI is InChI=1S/C28H38N4O2/c1-21(2)20-34-25-11-9-22(10-12-25)17-29-28(33)32(24-13-15-30(3)16-14-24)19-23-18-31(4)27-8-6-5-7-26(23)27/h5-12,18,21,24H,13-17,19-20H2,1-4H3,(H,29,33). The summed E-state index contributed by atoms with van der Waals surface area (Å²) < 4.78 is 7.93. The van der Waals surface area contributed by atoms with Crippen molar-refractivity contribution in [3.8, 4) is 5.75 Å². The van der Waals surface area contributed by atoms with Crippen LogP contribution in [0.5, 0.6) is 5.75 Å². The SMILES string of the molecule is CC(C)COc1ccc(CNC(=O)N(Cc2cn(C)c3ccccc23)C2CCN(C)CC2)cc1. The van der Waals surface area contributed by atoms with Gasteiger partial charge in [0.15, 0.2) is 0 Å². The molecule has 1 aliphatic rings. The van der Waals surface area contributed by atoms with Gasteiger partial charge in [-0.1, -0.05) is 44.2 Å². The van der Waals surface area contributed by atoms with Crippen LogP contribution in [0, 0.1) is 5.92 Å². The Labute approximate surface area is 203 Å². The lowest BCUT2D eigenvalue weighted by molar-refractivity contribution is 0.127. The molecule has 0 spiro atoms. The second kappa shape index (κ2) is 11.0. The van der Waals surface area contributed by atoms with Gasteiger partial charge in [0, 0.05) is 43.3 Å². The van der Waals surface area contributed by atoms with E-state index < -0.39 is 0 Å². The quantitative estimate of drug-likeness (QED) is 0.511. The molecule has 0 bridgehead atoms. The fourth-order valence-electron chi connectivity index (χ4n) is 4.65. The number of carbonyl (C=O) groups is 1. The Balaban J connectivity index is 1.45. The zero-order valence-corrected chi connectivity index (χ0v) is 21.0. The topological polar surface area (TPSA) is 49.7 Å². The lowest BCUT2D eigenvalue weighted by Crippen LogP contribution is -2.49. The molecule has 1 saturated heterocycles. The van der Waals surface area contributed by atoms with Gasteiger partial charge >= 0.3 is 6.03 Å². The lowest BCUT2D eigenvalue weighted by atomic mass is 10.0. The number of likely N-dealkylation sites (tertiary alicyclic amines) is 1. The summed E-state index contributed by atoms with van der Waals surface area (Å²) in [6.07, 6.45) is 4.16. The van der Waals surface area contributed by atoms with Crippen molar-refractivity contribution in [2.75, 3.05) is 26.7 Å². The van der Waals surface area contributed by atoms with Gasteiger partial charge in [-0.2, -0.15) is 0 Å². The highest BCUT2D eigenvalue weighted by Crippen LogP contribution is 2.25. The van der Waals surface area contributed by atoms with Gasteiger partial charge in [0.25, 0.3) is 0 Å². The Bertz CT molecular complexity index is 1080. The number of carbonyl (C=O) groups excluding carboxylic acids is 1. The Kier molecular flexibility index (Phi) is 7.78. The number of amides is 2. The van der Waals surface area contributed by atoms with Gasteiger partial charge in [-0.25, -0.2) is 4.79 Å². The van der Waals surface area contributed by atoms with Crippen LogP contribution in [0.25, 0.3) is 10.9 Å². The van der Waals surface area contributed by atoms with Crippen LogP contribution >= 0.6 is 0 Å². The predicted molar refractivity (Wildman–Crippen MR) is 138 cm³/mol. The third kappa shape index (κ3) is 5.92. The number of hydrogen-bond donors (Lipinski definition) is 1. The van der Waals surface area contributed by atoms with Crippen molar-refractivity contribution < 1.29 is 9.53 Å². The summed E-state index contributed by atoms with van der Waals surface area (Å²) in [5, 5.41) is 4.39. The van der Waals surface area contributed by atoms with E-state index in [-0.39, 0.29) is 12.1 Å². The van der Waals surface area contributed by atoms with Gasteiger partial charge in [0.2, 0.25) is 0 Å². The van der Waals surface area contributed by atoms with E-state index in [0.717, 1.165) is 37.2 Å². The average Bonchev–Trinajstić information content (AvgIpc) is 3.16. The number of nitrogens with one attached hydrogen (secondary N) is 1. The number of aromatic nitrogens is 1. The number of ether oxygens (including phenoxy) is 1. The van der Waals surface area contributed by atoms with Crippen LogP contribution in [0.1, 0.15) is 37.8 Å². The van der Waals surface area contributed by atoms with Gasteiger partial charge in [0.05, 0.1) is 6.61 Å². The maximum atomic E-state index is 13.5. The molecule has 0 saturated carbocycles. The molecule has 0 unspecified atom stereocenters. The Morgan fingerprint density at radius 2 is 1.79 bits per heavy atom. The summed E-state index contributed by atoms with van der Waals surface area (Å²) in [7, 11) is 4.22. The van der Waals surface area contributed by atoms with Crippen LogP contribution in [-0.4, -0.2) is 53.2 Å². The summed E-state index contributed by atoms with van der Waals surface area (Å²) in [5.41, 5.74) is 3.46. The Morgan fingerprint density at radius 1 is 1.09 bits per heavy atom. The van der Waals surface area contributed by atoms with Crippen LogP contribution in [0.15, 0.2) is 54.7 Å². The Hall–Kier alpha value is -2.99. The minimum atomic E-state index is 0.00243. The van der Waals surface area contributed by atoms with Crippen molar-refractivity contribution in [2.24, 2.45) is 13.0 Å². The lowest BCUT2D eigenvalue weighted by Gasteiger charge is -2.37. The number of aryl methyl sites for hydroxylation is 1. The summed E-state index contributed by atoms with van der Waals surface area (Å²) in [4.78, 5) is 17.8. The molecule has 3 aromatic rings. The number of nitrogens with zero attached hydrogens (tertiary/aromatic N) is 3. The average molecular weight is 463 g/mol. The molecule has 34 heavy (non-hydrogen) atoms. The van der Waals surface area contributed by atoms with Gasteiger partial charge in [-0.3, -0.25) is 0 Å². The maximum absolute atomic E-state index is 13.5. The second-order valence-electron chi connectivity index (χ2n) is 9.95. The van der Waals surface area contributed by atoms with Crippen LogP contribution in [0.2, 0.25) is 0 Å². The third-order valence-corrected chi connectivity index (χ3v) is 6.66. The van der Waals surface area contributed by atoms with E-state index in [4.69, 9.17) is 4.74 Å². The molecule has 0 aliphatic carbocycles. The third-order valence-electron chi connectivity index (χ3n) is 6.66. The number of hydrogen-bond acceptors (Lipinski definition) is 3. The maximum Gasteiger partial charge on any atom is 0.318 e. The van der Waals surface area contributed by atoms with E-state index in [1.807, 2.05) is 24.3 Å². The number of urea groups is 1. The van der Waals surface area contributed by atoms with Crippen LogP contribution < -0.4 is 10.1 Å². The first-order chi connectivity index (χ1) is 16.4. The van der Waals surface area contributed by atoms with E-state index in [2.05, 4.69) is 78.1 Å². The molecule has 1 fully saturated rings. The number of fused-ring (bicyclic) bond motifs is 1. The molecule has 182 valence electrons. The molecular formula is C28H38N4O2. The molecule has 1 aliphatic heterocycles. The molecule has 1 N–H and O–H groups in total. The molecular weight excluding hydrogens is 424 g/mol. The van der Waals surface area contributed by atoms with Gasteiger partial charge in [0.1, 0.15) is 5.75 Å². The van der Waals surface area contributed by atoms with Crippen molar-refractivity contribution >= 4 is 16.9 Å². The largest absolute Gasteiger partial charge is 0.493 e. The minimum Gasteiger partial charge on any atom is -0.493 e. The van der Waals surface area contributed by atoms with Crippen LogP contribution in [0.4, 0.5) is 4.79 Å². The number of para-hydroxylation sites is 1. The molecule has 6 heteroatoms. The Morgan fingerprint density at radius 3 is 2.50 bits per heavy atom. The fraction of sp³-hybridized carbons (Fsp3) is 0.464. The highest BCUT2D eigenvalue weighted by molar-refractivity contribution is 5.84. The highest BCUT2D eigenvalue weighted by Gasteiger charge is 2.28. The van der Waals surface area contributed by atoms with E-state index in [1.165, 1.54) is 16.5 Å². The van der Waals surface area contributed by atoms with Crippen LogP contribution in [-0.2, 0) is 20.1 Å². The van der Waals surface area contributed by atoms with Crippen molar-refractivity contribution in [3.05, 3.63) is 65.9 Å². The van der Waals surface area contributed by atoms with Crippen molar-refractivity contribution in [1.29, 1.82) is 0 Å². The predicted octanol–water partition coefficient (Wildman–Crippen LogP) is 5.02. The van der Waals surface area contributed by atoms with Crippen molar-refractivity contribution in [1.82, 2.24) is 19.7 Å². The minimum absolute atomic E-state index is 0.00243. The second-order valence-corrected chi connectivity index (χ2v) is 9.95. The number of piperidine rings is 1. The normalized spacial score (nSPS) is 15.1. The molecule has 6 nitrogen and oxygen atoms in total. The van der Waals surface area contributed by atoms with E-state index in [1.54, 1.807) is 0 Å². The monoisotopic (exact) mass is 462 g/mol. The van der Waals surface area contributed by atoms with Crippen molar-refractivity contribution in [3.63, 3.8) is 0 Å². The summed E-state index contributed by atoms with van der Waals surface area (Å²) in [5.74, 6) is 1.36. The zero-order chi connectivity index (χ0) is 24.1. The van der Waals surface area contributed by atoms with Gasteiger partial charge in [-0.05, 0) is 68.2 Å². The summed E-state index contributed by atoms with van der Waals surface area (Å²) in [6, 6.07) is 16.7. The molecule has 2 heterocycles. The number of rotatable bonds is 8. The van der Waals surface area contributed by atoms with Gasteiger partial charge < -0.3 is 24.4 Å². The molecule has 0 radical (unpaired) electrons. The van der Waals surface area contributed by atoms with E-state index in [9.17, 15) is 4.79 Å². The highest BCUT2D eigenvalue weighted by atomic mass is 16.5. The van der Waals surface area contributed by atoms with E-state index >= 15 is 0 Å². The molecule has 2 amide bonds.